The quantitative estimate of drug-likeness (QED) is 0.783. The van der Waals surface area contributed by atoms with Gasteiger partial charge in [0.15, 0.2) is 5.78 Å². The number of nitrogens with zero attached hydrogens (tertiary/aromatic N) is 1. The fraction of sp³-hybridized carbons (Fsp3) is 0.333. The van der Waals surface area contributed by atoms with Crippen molar-refractivity contribution in [2.24, 2.45) is 0 Å². The first-order valence-corrected chi connectivity index (χ1v) is 6.87. The van der Waals surface area contributed by atoms with Crippen molar-refractivity contribution in [3.05, 3.63) is 50.5 Å². The molecule has 1 aromatic heterocycles. The van der Waals surface area contributed by atoms with Gasteiger partial charge in [-0.05, 0) is 37.5 Å². The van der Waals surface area contributed by atoms with Crippen LogP contribution in [0.4, 0.5) is 0 Å². The SMILES string of the molecule is CC(=O)c1csc(Cc2c(C)cc(C)cc2C)n1. The molecule has 0 unspecified atom stereocenters. The summed E-state index contributed by atoms with van der Waals surface area (Å²) in [5.41, 5.74) is 5.79. The summed E-state index contributed by atoms with van der Waals surface area (Å²) in [5.74, 6) is 0.0369. The molecule has 0 aliphatic heterocycles. The topological polar surface area (TPSA) is 30.0 Å². The minimum absolute atomic E-state index is 0.0369. The van der Waals surface area contributed by atoms with Gasteiger partial charge in [0.25, 0.3) is 0 Å². The Morgan fingerprint density at radius 2 is 1.83 bits per heavy atom. The van der Waals surface area contributed by atoms with E-state index in [1.807, 2.05) is 5.38 Å². The van der Waals surface area contributed by atoms with Crippen molar-refractivity contribution in [2.45, 2.75) is 34.1 Å². The number of rotatable bonds is 3. The van der Waals surface area contributed by atoms with E-state index in [0.717, 1.165) is 11.4 Å². The average Bonchev–Trinajstić information content (AvgIpc) is 2.71. The Kier molecular flexibility index (Phi) is 3.62. The zero-order chi connectivity index (χ0) is 13.3. The minimum Gasteiger partial charge on any atom is -0.293 e. The monoisotopic (exact) mass is 259 g/mol. The predicted octanol–water partition coefficient (Wildman–Crippen LogP) is 3.86. The second kappa shape index (κ2) is 5.02. The third kappa shape index (κ3) is 2.67. The first-order chi connectivity index (χ1) is 8.47. The molecular weight excluding hydrogens is 242 g/mol. The van der Waals surface area contributed by atoms with Crippen molar-refractivity contribution in [3.8, 4) is 0 Å². The van der Waals surface area contributed by atoms with Crippen molar-refractivity contribution >= 4 is 17.1 Å². The molecule has 0 radical (unpaired) electrons. The van der Waals surface area contributed by atoms with E-state index in [4.69, 9.17) is 0 Å². The van der Waals surface area contributed by atoms with Crippen LogP contribution in [0.25, 0.3) is 0 Å². The maximum Gasteiger partial charge on any atom is 0.178 e. The molecule has 18 heavy (non-hydrogen) atoms. The van der Waals surface area contributed by atoms with Gasteiger partial charge in [0.1, 0.15) is 5.69 Å². The van der Waals surface area contributed by atoms with Gasteiger partial charge in [-0.1, -0.05) is 17.7 Å². The van der Waals surface area contributed by atoms with E-state index in [0.29, 0.717) is 5.69 Å². The summed E-state index contributed by atoms with van der Waals surface area (Å²) in [4.78, 5) is 15.6. The molecule has 0 saturated carbocycles. The molecule has 2 nitrogen and oxygen atoms in total. The lowest BCUT2D eigenvalue weighted by atomic mass is 9.98. The van der Waals surface area contributed by atoms with Crippen LogP contribution in [-0.2, 0) is 6.42 Å². The number of benzene rings is 1. The van der Waals surface area contributed by atoms with Crippen LogP contribution in [0.15, 0.2) is 17.5 Å². The maximum absolute atomic E-state index is 11.2. The summed E-state index contributed by atoms with van der Waals surface area (Å²) in [5, 5.41) is 2.85. The number of hydrogen-bond donors (Lipinski definition) is 0. The van der Waals surface area contributed by atoms with Gasteiger partial charge in [-0.3, -0.25) is 4.79 Å². The molecule has 0 atom stereocenters. The molecule has 0 N–H and O–H groups in total. The van der Waals surface area contributed by atoms with Crippen LogP contribution in [-0.4, -0.2) is 10.8 Å². The summed E-state index contributed by atoms with van der Waals surface area (Å²) >= 11 is 1.56. The number of carbonyl (C=O) groups is 1. The molecule has 1 aromatic carbocycles. The van der Waals surface area contributed by atoms with E-state index in [-0.39, 0.29) is 5.78 Å². The molecule has 0 fully saturated rings. The highest BCUT2D eigenvalue weighted by molar-refractivity contribution is 7.09. The van der Waals surface area contributed by atoms with Gasteiger partial charge < -0.3 is 0 Å². The molecule has 94 valence electrons. The molecule has 3 heteroatoms. The third-order valence-electron chi connectivity index (χ3n) is 3.08. The Balaban J connectivity index is 2.31. The van der Waals surface area contributed by atoms with Crippen LogP contribution < -0.4 is 0 Å². The van der Waals surface area contributed by atoms with Gasteiger partial charge in [-0.2, -0.15) is 0 Å². The van der Waals surface area contributed by atoms with Gasteiger partial charge in [0, 0.05) is 18.7 Å². The first-order valence-electron chi connectivity index (χ1n) is 5.99. The van der Waals surface area contributed by atoms with Crippen LogP contribution in [0.5, 0.6) is 0 Å². The largest absolute Gasteiger partial charge is 0.293 e. The van der Waals surface area contributed by atoms with Gasteiger partial charge in [0.2, 0.25) is 0 Å². The Morgan fingerprint density at radius 3 is 2.33 bits per heavy atom. The molecule has 0 amide bonds. The number of aryl methyl sites for hydroxylation is 3. The Bertz CT molecular complexity index is 575. The van der Waals surface area contributed by atoms with Crippen molar-refractivity contribution in [2.75, 3.05) is 0 Å². The van der Waals surface area contributed by atoms with Crippen LogP contribution in [0, 0.1) is 20.8 Å². The lowest BCUT2D eigenvalue weighted by molar-refractivity contribution is 0.101. The Morgan fingerprint density at radius 1 is 1.22 bits per heavy atom. The Labute approximate surface area is 112 Å². The normalized spacial score (nSPS) is 10.7. The molecule has 2 rings (SSSR count). The fourth-order valence-corrected chi connectivity index (χ4v) is 3.04. The zero-order valence-electron chi connectivity index (χ0n) is 11.2. The van der Waals surface area contributed by atoms with E-state index in [1.165, 1.54) is 22.3 Å². The summed E-state index contributed by atoms with van der Waals surface area (Å²) in [6, 6.07) is 4.39. The van der Waals surface area contributed by atoms with Crippen molar-refractivity contribution in [1.82, 2.24) is 4.98 Å². The van der Waals surface area contributed by atoms with E-state index < -0.39 is 0 Å². The zero-order valence-corrected chi connectivity index (χ0v) is 12.0. The molecule has 0 spiro atoms. The van der Waals surface area contributed by atoms with Gasteiger partial charge in [0.05, 0.1) is 5.01 Å². The number of carbonyl (C=O) groups excluding carboxylic acids is 1. The van der Waals surface area contributed by atoms with Crippen LogP contribution in [0.1, 0.15) is 44.7 Å². The van der Waals surface area contributed by atoms with Crippen LogP contribution in [0.3, 0.4) is 0 Å². The lowest BCUT2D eigenvalue weighted by Crippen LogP contribution is -1.98. The van der Waals surface area contributed by atoms with Gasteiger partial charge in [-0.15, -0.1) is 11.3 Å². The van der Waals surface area contributed by atoms with Gasteiger partial charge in [-0.25, -0.2) is 4.98 Å². The van der Waals surface area contributed by atoms with E-state index in [2.05, 4.69) is 37.9 Å². The second-order valence-corrected chi connectivity index (χ2v) is 5.68. The molecule has 0 aliphatic rings. The highest BCUT2D eigenvalue weighted by Gasteiger charge is 2.10. The maximum atomic E-state index is 11.2. The van der Waals surface area contributed by atoms with Crippen LogP contribution >= 0.6 is 11.3 Å². The summed E-state index contributed by atoms with van der Waals surface area (Å²) < 4.78 is 0. The molecule has 1 heterocycles. The standard InChI is InChI=1S/C15H17NOS/c1-9-5-10(2)13(11(3)6-9)7-15-16-14(8-18-15)12(4)17/h5-6,8H,7H2,1-4H3. The molecule has 2 aromatic rings. The number of thiazole rings is 1. The third-order valence-corrected chi connectivity index (χ3v) is 3.93. The summed E-state index contributed by atoms with van der Waals surface area (Å²) in [7, 11) is 0. The number of hydrogen-bond acceptors (Lipinski definition) is 3. The van der Waals surface area contributed by atoms with E-state index >= 15 is 0 Å². The second-order valence-electron chi connectivity index (χ2n) is 4.74. The van der Waals surface area contributed by atoms with E-state index in [1.54, 1.807) is 18.3 Å². The van der Waals surface area contributed by atoms with Crippen molar-refractivity contribution in [3.63, 3.8) is 0 Å². The fourth-order valence-electron chi connectivity index (χ4n) is 2.19. The lowest BCUT2D eigenvalue weighted by Gasteiger charge is -2.09. The average molecular weight is 259 g/mol. The molecule has 0 aliphatic carbocycles. The molecule has 0 saturated heterocycles. The molecule has 0 bridgehead atoms. The number of aromatic nitrogens is 1. The van der Waals surface area contributed by atoms with Crippen LogP contribution in [0.2, 0.25) is 0 Å². The highest BCUT2D eigenvalue weighted by atomic mass is 32.1. The van der Waals surface area contributed by atoms with Gasteiger partial charge >= 0.3 is 0 Å². The smallest absolute Gasteiger partial charge is 0.178 e. The minimum atomic E-state index is 0.0369. The predicted molar refractivity (Wildman–Crippen MR) is 75.6 cm³/mol. The first kappa shape index (κ1) is 13.0. The highest BCUT2D eigenvalue weighted by Crippen LogP contribution is 2.22. The number of ketones is 1. The number of Topliss-reactive ketones (excluding diaryl/α,β-unsaturated/α-hetero) is 1. The van der Waals surface area contributed by atoms with E-state index in [9.17, 15) is 4.79 Å². The molecular formula is C15H17NOS. The van der Waals surface area contributed by atoms with Crippen molar-refractivity contribution in [1.29, 1.82) is 0 Å². The Hall–Kier alpha value is -1.48. The summed E-state index contributed by atoms with van der Waals surface area (Å²) in [6.45, 7) is 7.94. The summed E-state index contributed by atoms with van der Waals surface area (Å²) in [6.07, 6.45) is 0.815. The van der Waals surface area contributed by atoms with Crippen molar-refractivity contribution < 1.29 is 4.79 Å².